The van der Waals surface area contributed by atoms with Crippen molar-refractivity contribution >= 4 is 33.3 Å². The van der Waals surface area contributed by atoms with Gasteiger partial charge in [0, 0.05) is 19.2 Å². The van der Waals surface area contributed by atoms with Gasteiger partial charge in [-0.2, -0.15) is 15.4 Å². The molecular weight excluding hydrogens is 334 g/mol. The Labute approximate surface area is 122 Å². The summed E-state index contributed by atoms with van der Waals surface area (Å²) in [6.07, 6.45) is 3.72. The standard InChI is InChI=1S/C11H11BrClN5O/c12-8-3-7(13)4-14-10(8)18-2-1-11(19,6-18)9-5-15-17-16-9/h3-5,19H,1-2,6H2,(H,15,16,17). The number of H-pyrrole nitrogens is 1. The van der Waals surface area contributed by atoms with E-state index in [1.165, 1.54) is 0 Å². The third-order valence-corrected chi connectivity index (χ3v) is 4.02. The first-order valence-electron chi connectivity index (χ1n) is 5.73. The maximum Gasteiger partial charge on any atom is 0.143 e. The van der Waals surface area contributed by atoms with E-state index in [0.717, 1.165) is 10.3 Å². The molecule has 0 amide bonds. The molecule has 1 fully saturated rings. The van der Waals surface area contributed by atoms with E-state index in [9.17, 15) is 5.11 Å². The fraction of sp³-hybridized carbons (Fsp3) is 0.364. The van der Waals surface area contributed by atoms with E-state index in [0.29, 0.717) is 30.2 Å². The summed E-state index contributed by atoms with van der Waals surface area (Å²) in [5.74, 6) is 0.767. The van der Waals surface area contributed by atoms with E-state index < -0.39 is 5.60 Å². The second kappa shape index (κ2) is 4.73. The van der Waals surface area contributed by atoms with Crippen molar-refractivity contribution in [3.63, 3.8) is 0 Å². The Balaban J connectivity index is 1.86. The number of anilines is 1. The highest BCUT2D eigenvalue weighted by Gasteiger charge is 2.40. The van der Waals surface area contributed by atoms with Crippen LogP contribution in [0.5, 0.6) is 0 Å². The van der Waals surface area contributed by atoms with Gasteiger partial charge in [0.15, 0.2) is 0 Å². The molecule has 2 N–H and O–H groups in total. The molecule has 0 radical (unpaired) electrons. The summed E-state index contributed by atoms with van der Waals surface area (Å²) in [7, 11) is 0. The molecule has 6 nitrogen and oxygen atoms in total. The van der Waals surface area contributed by atoms with Crippen molar-refractivity contribution < 1.29 is 5.11 Å². The van der Waals surface area contributed by atoms with Gasteiger partial charge in [-0.15, -0.1) is 0 Å². The van der Waals surface area contributed by atoms with Crippen molar-refractivity contribution in [1.82, 2.24) is 20.4 Å². The Morgan fingerprint density at radius 3 is 3.00 bits per heavy atom. The van der Waals surface area contributed by atoms with Crippen LogP contribution in [0.3, 0.4) is 0 Å². The lowest BCUT2D eigenvalue weighted by molar-refractivity contribution is 0.0559. The Bertz CT molecular complexity index is 593. The molecular formula is C11H11BrClN5O. The van der Waals surface area contributed by atoms with Gasteiger partial charge in [0.2, 0.25) is 0 Å². The summed E-state index contributed by atoms with van der Waals surface area (Å²) < 4.78 is 0.810. The van der Waals surface area contributed by atoms with Crippen molar-refractivity contribution in [1.29, 1.82) is 0 Å². The lowest BCUT2D eigenvalue weighted by Gasteiger charge is -2.22. The normalized spacial score (nSPS) is 23.0. The number of halogens is 2. The van der Waals surface area contributed by atoms with Crippen LogP contribution in [0.1, 0.15) is 12.1 Å². The lowest BCUT2D eigenvalue weighted by atomic mass is 10.0. The molecule has 8 heteroatoms. The van der Waals surface area contributed by atoms with Crippen molar-refractivity contribution in [3.05, 3.63) is 33.6 Å². The number of pyridine rings is 1. The number of β-amino-alcohol motifs (C(OH)–C–C–N with tert-alkyl or cyclic N) is 1. The Hall–Kier alpha value is -1.18. The predicted octanol–water partition coefficient (Wildman–Crippen LogP) is 1.71. The molecule has 0 spiro atoms. The molecule has 2 aromatic rings. The largest absolute Gasteiger partial charge is 0.381 e. The molecule has 0 aromatic carbocycles. The van der Waals surface area contributed by atoms with Gasteiger partial charge in [0.25, 0.3) is 0 Å². The minimum Gasteiger partial charge on any atom is -0.381 e. The van der Waals surface area contributed by atoms with Gasteiger partial charge in [-0.3, -0.25) is 0 Å². The highest BCUT2D eigenvalue weighted by Crippen LogP contribution is 2.35. The van der Waals surface area contributed by atoms with Crippen LogP contribution in [0.15, 0.2) is 22.9 Å². The smallest absolute Gasteiger partial charge is 0.143 e. The second-order valence-electron chi connectivity index (χ2n) is 4.52. The summed E-state index contributed by atoms with van der Waals surface area (Å²) in [5, 5.41) is 21.4. The van der Waals surface area contributed by atoms with E-state index in [2.05, 4.69) is 36.3 Å². The average Bonchev–Trinajstić information content (AvgIpc) is 2.99. The van der Waals surface area contributed by atoms with Gasteiger partial charge in [-0.1, -0.05) is 11.6 Å². The topological polar surface area (TPSA) is 77.9 Å². The Kier molecular flexibility index (Phi) is 3.20. The number of aromatic nitrogens is 4. The number of hydrogen-bond donors (Lipinski definition) is 2. The number of aliphatic hydroxyl groups is 1. The van der Waals surface area contributed by atoms with Gasteiger partial charge in [0.05, 0.1) is 22.2 Å². The molecule has 1 aliphatic heterocycles. The fourth-order valence-corrected chi connectivity index (χ4v) is 3.14. The van der Waals surface area contributed by atoms with E-state index in [-0.39, 0.29) is 0 Å². The highest BCUT2D eigenvalue weighted by atomic mass is 79.9. The van der Waals surface area contributed by atoms with Crippen LogP contribution in [0.2, 0.25) is 5.02 Å². The van der Waals surface area contributed by atoms with Crippen molar-refractivity contribution in [2.45, 2.75) is 12.0 Å². The molecule has 3 rings (SSSR count). The highest BCUT2D eigenvalue weighted by molar-refractivity contribution is 9.10. The van der Waals surface area contributed by atoms with Crippen LogP contribution in [0.4, 0.5) is 5.82 Å². The fourth-order valence-electron chi connectivity index (χ4n) is 2.25. The molecule has 1 aliphatic rings. The van der Waals surface area contributed by atoms with Gasteiger partial charge in [-0.05, 0) is 22.0 Å². The maximum absolute atomic E-state index is 10.6. The molecule has 0 bridgehead atoms. The summed E-state index contributed by atoms with van der Waals surface area (Å²) in [4.78, 5) is 6.29. The Morgan fingerprint density at radius 2 is 2.32 bits per heavy atom. The SMILES string of the molecule is OC1(c2cn[nH]n2)CCN(c2ncc(Cl)cc2Br)C1. The van der Waals surface area contributed by atoms with Gasteiger partial charge in [-0.25, -0.2) is 4.98 Å². The molecule has 1 unspecified atom stereocenters. The molecule has 1 atom stereocenters. The molecule has 0 saturated carbocycles. The number of nitrogens with one attached hydrogen (secondary N) is 1. The van der Waals surface area contributed by atoms with Crippen molar-refractivity contribution in [2.24, 2.45) is 0 Å². The lowest BCUT2D eigenvalue weighted by Crippen LogP contribution is -2.31. The van der Waals surface area contributed by atoms with E-state index in [4.69, 9.17) is 11.6 Å². The average molecular weight is 345 g/mol. The number of hydrogen-bond acceptors (Lipinski definition) is 5. The van der Waals surface area contributed by atoms with Crippen LogP contribution in [-0.4, -0.2) is 38.6 Å². The van der Waals surface area contributed by atoms with E-state index in [1.54, 1.807) is 18.5 Å². The quantitative estimate of drug-likeness (QED) is 0.867. The van der Waals surface area contributed by atoms with Crippen LogP contribution in [0, 0.1) is 0 Å². The summed E-state index contributed by atoms with van der Waals surface area (Å²) in [6.45, 7) is 1.11. The van der Waals surface area contributed by atoms with Gasteiger partial charge < -0.3 is 10.0 Å². The minimum absolute atomic E-state index is 0.423. The van der Waals surface area contributed by atoms with Crippen LogP contribution in [0.25, 0.3) is 0 Å². The monoisotopic (exact) mass is 343 g/mol. The van der Waals surface area contributed by atoms with E-state index in [1.807, 2.05) is 4.90 Å². The molecule has 2 aromatic heterocycles. The zero-order valence-corrected chi connectivity index (χ0v) is 12.2. The molecule has 100 valence electrons. The number of rotatable bonds is 2. The summed E-state index contributed by atoms with van der Waals surface area (Å²) in [6, 6.07) is 1.79. The summed E-state index contributed by atoms with van der Waals surface area (Å²) in [5.41, 5.74) is -0.437. The molecule has 1 saturated heterocycles. The van der Waals surface area contributed by atoms with Crippen molar-refractivity contribution in [3.8, 4) is 0 Å². The first-order valence-corrected chi connectivity index (χ1v) is 6.90. The third kappa shape index (κ3) is 2.33. The second-order valence-corrected chi connectivity index (χ2v) is 5.81. The van der Waals surface area contributed by atoms with Crippen LogP contribution >= 0.6 is 27.5 Å². The molecule has 19 heavy (non-hydrogen) atoms. The molecule has 0 aliphatic carbocycles. The van der Waals surface area contributed by atoms with Crippen LogP contribution in [-0.2, 0) is 5.60 Å². The first kappa shape index (κ1) is 12.8. The van der Waals surface area contributed by atoms with E-state index >= 15 is 0 Å². The summed E-state index contributed by atoms with van der Waals surface area (Å²) >= 11 is 9.32. The van der Waals surface area contributed by atoms with Gasteiger partial charge in [0.1, 0.15) is 17.1 Å². The zero-order valence-electron chi connectivity index (χ0n) is 9.85. The third-order valence-electron chi connectivity index (χ3n) is 3.23. The maximum atomic E-state index is 10.6. The first-order chi connectivity index (χ1) is 9.08. The number of nitrogens with zero attached hydrogens (tertiary/aromatic N) is 4. The van der Waals surface area contributed by atoms with Crippen LogP contribution < -0.4 is 4.90 Å². The Morgan fingerprint density at radius 1 is 1.47 bits per heavy atom. The minimum atomic E-state index is -0.992. The van der Waals surface area contributed by atoms with Gasteiger partial charge >= 0.3 is 0 Å². The van der Waals surface area contributed by atoms with Crippen molar-refractivity contribution in [2.75, 3.05) is 18.0 Å². The number of aromatic amines is 1. The zero-order chi connectivity index (χ0) is 13.5. The molecule has 3 heterocycles. The predicted molar refractivity (Wildman–Crippen MR) is 74.1 cm³/mol.